The van der Waals surface area contributed by atoms with Gasteiger partial charge in [-0.3, -0.25) is 0 Å². The SMILES string of the molecule is COCCOCCO[Si](C)(CCCn1c(C)ccc1C)OCCOCCOC. The van der Waals surface area contributed by atoms with Crippen LogP contribution in [0.3, 0.4) is 0 Å². The Balaban J connectivity index is 2.41. The van der Waals surface area contributed by atoms with Crippen molar-refractivity contribution in [2.24, 2.45) is 0 Å². The number of hydrogen-bond donors (Lipinski definition) is 0. The summed E-state index contributed by atoms with van der Waals surface area (Å²) in [6, 6.07) is 5.25. The van der Waals surface area contributed by atoms with Crippen LogP contribution in [0.15, 0.2) is 12.1 Å². The van der Waals surface area contributed by atoms with Crippen molar-refractivity contribution >= 4 is 8.56 Å². The molecule has 7 nitrogen and oxygen atoms in total. The van der Waals surface area contributed by atoms with Crippen LogP contribution < -0.4 is 0 Å². The molecule has 0 aliphatic heterocycles. The second-order valence-corrected chi connectivity index (χ2v) is 10.3. The van der Waals surface area contributed by atoms with Crippen LogP contribution in [0, 0.1) is 13.8 Å². The zero-order valence-corrected chi connectivity index (χ0v) is 19.3. The molecular weight excluding hydrogens is 378 g/mol. The molecule has 1 aromatic rings. The van der Waals surface area contributed by atoms with Gasteiger partial charge in [0.25, 0.3) is 0 Å². The molecule has 164 valence electrons. The number of ether oxygens (including phenoxy) is 4. The van der Waals surface area contributed by atoms with E-state index in [2.05, 4.69) is 37.1 Å². The van der Waals surface area contributed by atoms with Gasteiger partial charge in [0.1, 0.15) is 0 Å². The van der Waals surface area contributed by atoms with Gasteiger partial charge in [-0.2, -0.15) is 0 Å². The number of aromatic nitrogens is 1. The highest BCUT2D eigenvalue weighted by molar-refractivity contribution is 6.66. The summed E-state index contributed by atoms with van der Waals surface area (Å²) in [6.45, 7) is 11.9. The number of rotatable bonds is 18. The fourth-order valence-electron chi connectivity index (χ4n) is 2.92. The van der Waals surface area contributed by atoms with Gasteiger partial charge in [-0.15, -0.1) is 0 Å². The minimum Gasteiger partial charge on any atom is -0.392 e. The first-order valence-electron chi connectivity index (χ1n) is 10.1. The molecular formula is C20H39NO6Si. The van der Waals surface area contributed by atoms with E-state index in [1.165, 1.54) is 11.4 Å². The van der Waals surface area contributed by atoms with Crippen LogP contribution in [-0.2, 0) is 34.3 Å². The van der Waals surface area contributed by atoms with E-state index < -0.39 is 8.56 Å². The lowest BCUT2D eigenvalue weighted by Gasteiger charge is -2.27. The van der Waals surface area contributed by atoms with Gasteiger partial charge < -0.3 is 32.4 Å². The Kier molecular flexibility index (Phi) is 13.7. The first-order valence-corrected chi connectivity index (χ1v) is 12.6. The molecule has 0 unspecified atom stereocenters. The van der Waals surface area contributed by atoms with Crippen LogP contribution in [0.4, 0.5) is 0 Å². The van der Waals surface area contributed by atoms with Crippen LogP contribution in [-0.4, -0.2) is 80.2 Å². The van der Waals surface area contributed by atoms with Crippen LogP contribution in [0.2, 0.25) is 12.6 Å². The Morgan fingerprint density at radius 2 is 1.21 bits per heavy atom. The summed E-state index contributed by atoms with van der Waals surface area (Å²) >= 11 is 0. The van der Waals surface area contributed by atoms with Gasteiger partial charge >= 0.3 is 8.56 Å². The standard InChI is InChI=1S/C20H39NO6Si/c1-19-7-8-20(2)21(19)9-6-18-28(5,26-16-14-24-12-10-22-3)27-17-15-25-13-11-23-4/h7-8H,6,9-18H2,1-5H3. The summed E-state index contributed by atoms with van der Waals surface area (Å²) in [5, 5.41) is 0. The highest BCUT2D eigenvalue weighted by Gasteiger charge is 2.31. The molecule has 0 saturated heterocycles. The van der Waals surface area contributed by atoms with Gasteiger partial charge in [0, 0.05) is 32.2 Å². The van der Waals surface area contributed by atoms with E-state index >= 15 is 0 Å². The molecule has 0 saturated carbocycles. The third-order valence-corrected chi connectivity index (χ3v) is 7.45. The maximum atomic E-state index is 6.18. The molecule has 0 amide bonds. The van der Waals surface area contributed by atoms with Crippen molar-refractivity contribution in [2.45, 2.75) is 39.4 Å². The average Bonchev–Trinajstić information content (AvgIpc) is 2.99. The van der Waals surface area contributed by atoms with Gasteiger partial charge in [-0.05, 0) is 45.0 Å². The first kappa shape index (κ1) is 25.3. The fourth-order valence-corrected chi connectivity index (χ4v) is 5.12. The van der Waals surface area contributed by atoms with Crippen molar-refractivity contribution in [3.63, 3.8) is 0 Å². The van der Waals surface area contributed by atoms with Gasteiger partial charge in [-0.1, -0.05) is 0 Å². The lowest BCUT2D eigenvalue weighted by atomic mass is 10.4. The number of hydrogen-bond acceptors (Lipinski definition) is 6. The minimum absolute atomic E-state index is 0.540. The van der Waals surface area contributed by atoms with E-state index in [0.29, 0.717) is 52.9 Å². The van der Waals surface area contributed by atoms with Gasteiger partial charge in [-0.25, -0.2) is 0 Å². The molecule has 1 heterocycles. The van der Waals surface area contributed by atoms with E-state index in [1.54, 1.807) is 14.2 Å². The summed E-state index contributed by atoms with van der Waals surface area (Å²) in [5.41, 5.74) is 2.58. The van der Waals surface area contributed by atoms with Crippen molar-refractivity contribution < 1.29 is 27.8 Å². The molecule has 0 aliphatic rings. The molecule has 28 heavy (non-hydrogen) atoms. The van der Waals surface area contributed by atoms with Crippen molar-refractivity contribution in [3.8, 4) is 0 Å². The summed E-state index contributed by atoms with van der Waals surface area (Å²) in [4.78, 5) is 0. The zero-order valence-electron chi connectivity index (χ0n) is 18.3. The van der Waals surface area contributed by atoms with Crippen molar-refractivity contribution in [1.29, 1.82) is 0 Å². The highest BCUT2D eigenvalue weighted by Crippen LogP contribution is 2.18. The van der Waals surface area contributed by atoms with Gasteiger partial charge in [0.05, 0.1) is 52.9 Å². The second kappa shape index (κ2) is 15.1. The quantitative estimate of drug-likeness (QED) is 0.270. The second-order valence-electron chi connectivity index (χ2n) is 6.91. The maximum Gasteiger partial charge on any atom is 0.335 e. The Labute approximate surface area is 171 Å². The van der Waals surface area contributed by atoms with E-state index in [1.807, 2.05) is 0 Å². The zero-order chi connectivity index (χ0) is 20.7. The van der Waals surface area contributed by atoms with Crippen LogP contribution in [0.25, 0.3) is 0 Å². The molecule has 8 heteroatoms. The van der Waals surface area contributed by atoms with Crippen LogP contribution in [0.1, 0.15) is 17.8 Å². The minimum atomic E-state index is -2.29. The summed E-state index contributed by atoms with van der Waals surface area (Å²) in [5.74, 6) is 0. The van der Waals surface area contributed by atoms with Crippen molar-refractivity contribution in [1.82, 2.24) is 4.57 Å². The molecule has 0 atom stereocenters. The monoisotopic (exact) mass is 417 g/mol. The summed E-state index contributed by atoms with van der Waals surface area (Å²) in [6.07, 6.45) is 1.02. The van der Waals surface area contributed by atoms with E-state index in [-0.39, 0.29) is 0 Å². The average molecular weight is 418 g/mol. The highest BCUT2D eigenvalue weighted by atomic mass is 28.4. The Hall–Kier alpha value is -0.743. The Bertz CT molecular complexity index is 475. The number of methoxy groups -OCH3 is 2. The molecule has 0 aromatic carbocycles. The van der Waals surface area contributed by atoms with E-state index in [4.69, 9.17) is 27.8 Å². The lowest BCUT2D eigenvalue weighted by Crippen LogP contribution is -2.41. The van der Waals surface area contributed by atoms with Crippen LogP contribution >= 0.6 is 0 Å². The molecule has 0 bridgehead atoms. The fraction of sp³-hybridized carbons (Fsp3) is 0.800. The van der Waals surface area contributed by atoms with Gasteiger partial charge in [0.15, 0.2) is 0 Å². The predicted molar refractivity (Wildman–Crippen MR) is 112 cm³/mol. The third-order valence-electron chi connectivity index (χ3n) is 4.56. The molecule has 0 N–H and O–H groups in total. The largest absolute Gasteiger partial charge is 0.392 e. The predicted octanol–water partition coefficient (Wildman–Crippen LogP) is 2.93. The topological polar surface area (TPSA) is 60.3 Å². The molecule has 1 rings (SSSR count). The van der Waals surface area contributed by atoms with Crippen LogP contribution in [0.5, 0.6) is 0 Å². The van der Waals surface area contributed by atoms with Crippen molar-refractivity contribution in [2.75, 3.05) is 67.1 Å². The molecule has 1 aromatic heterocycles. The molecule has 0 spiro atoms. The number of nitrogens with zero attached hydrogens (tertiary/aromatic N) is 1. The molecule has 0 aliphatic carbocycles. The van der Waals surface area contributed by atoms with E-state index in [0.717, 1.165) is 19.0 Å². The smallest absolute Gasteiger partial charge is 0.335 e. The van der Waals surface area contributed by atoms with E-state index in [9.17, 15) is 0 Å². The maximum absolute atomic E-state index is 6.18. The third kappa shape index (κ3) is 10.7. The number of aryl methyl sites for hydroxylation is 2. The van der Waals surface area contributed by atoms with Crippen molar-refractivity contribution in [3.05, 3.63) is 23.5 Å². The molecule has 0 fully saturated rings. The molecule has 0 radical (unpaired) electrons. The Morgan fingerprint density at radius 1 is 0.750 bits per heavy atom. The summed E-state index contributed by atoms with van der Waals surface area (Å²) < 4.78 is 35.7. The normalized spacial score (nSPS) is 12.0. The lowest BCUT2D eigenvalue weighted by molar-refractivity contribution is 0.0320. The Morgan fingerprint density at radius 3 is 1.68 bits per heavy atom. The first-order chi connectivity index (χ1) is 13.5. The summed E-state index contributed by atoms with van der Waals surface area (Å²) in [7, 11) is 1.04. The van der Waals surface area contributed by atoms with Gasteiger partial charge in [0.2, 0.25) is 0 Å².